The molecule has 0 amide bonds. The summed E-state index contributed by atoms with van der Waals surface area (Å²) in [6.07, 6.45) is -3.51. The van der Waals surface area contributed by atoms with E-state index in [4.69, 9.17) is 4.74 Å². The van der Waals surface area contributed by atoms with Gasteiger partial charge in [0.25, 0.3) is 0 Å². The Hall–Kier alpha value is -2.26. The van der Waals surface area contributed by atoms with Gasteiger partial charge in [0, 0.05) is 19.1 Å². The van der Waals surface area contributed by atoms with Crippen molar-refractivity contribution >= 4 is 15.7 Å². The number of hydrogen-bond donors (Lipinski definition) is 1. The molecule has 1 N–H and O–H groups in total. The Labute approximate surface area is 162 Å². The van der Waals surface area contributed by atoms with Crippen LogP contribution in [0.3, 0.4) is 0 Å². The van der Waals surface area contributed by atoms with E-state index >= 15 is 0 Å². The number of piperidine rings is 1. The van der Waals surface area contributed by atoms with Gasteiger partial charge in [0.05, 0.1) is 23.3 Å². The molecule has 1 saturated heterocycles. The molecule has 1 heterocycles. The number of anilines is 1. The number of benzene rings is 2. The summed E-state index contributed by atoms with van der Waals surface area (Å²) in [6.45, 7) is 1.05. The second-order valence-corrected chi connectivity index (χ2v) is 8.25. The summed E-state index contributed by atoms with van der Waals surface area (Å²) in [4.78, 5) is 1.22. The van der Waals surface area contributed by atoms with E-state index in [0.29, 0.717) is 31.7 Å². The van der Waals surface area contributed by atoms with E-state index in [0.717, 1.165) is 17.8 Å². The number of para-hydroxylation sites is 2. The third-order valence-electron chi connectivity index (χ3n) is 4.65. The number of methoxy groups -OCH3 is 1. The Morgan fingerprint density at radius 2 is 1.79 bits per heavy atom. The zero-order chi connectivity index (χ0) is 20.4. The summed E-state index contributed by atoms with van der Waals surface area (Å²) in [5.41, 5.74) is -0.343. The summed E-state index contributed by atoms with van der Waals surface area (Å²) in [5.74, 6) is 0.661. The van der Waals surface area contributed by atoms with Gasteiger partial charge in [-0.1, -0.05) is 24.3 Å². The second-order valence-electron chi connectivity index (χ2n) is 6.57. The zero-order valence-electron chi connectivity index (χ0n) is 15.2. The highest BCUT2D eigenvalue weighted by Crippen LogP contribution is 2.34. The second kappa shape index (κ2) is 8.00. The van der Waals surface area contributed by atoms with Gasteiger partial charge in [-0.2, -0.15) is 13.2 Å². The van der Waals surface area contributed by atoms with Crippen molar-refractivity contribution in [3.05, 3.63) is 54.1 Å². The fraction of sp³-hybridized carbons (Fsp3) is 0.368. The van der Waals surface area contributed by atoms with Crippen LogP contribution < -0.4 is 14.4 Å². The van der Waals surface area contributed by atoms with E-state index in [1.807, 2.05) is 29.2 Å². The quantitative estimate of drug-likeness (QED) is 0.811. The first-order valence-corrected chi connectivity index (χ1v) is 10.3. The van der Waals surface area contributed by atoms with Crippen molar-refractivity contribution in [2.75, 3.05) is 25.1 Å². The Kier molecular flexibility index (Phi) is 5.85. The number of sulfonamides is 1. The number of rotatable bonds is 5. The van der Waals surface area contributed by atoms with Crippen LogP contribution in [0.25, 0.3) is 0 Å². The lowest BCUT2D eigenvalue weighted by Crippen LogP contribution is -2.48. The van der Waals surface area contributed by atoms with Gasteiger partial charge < -0.3 is 9.64 Å². The third kappa shape index (κ3) is 4.41. The lowest BCUT2D eigenvalue weighted by atomic mass is 10.1. The van der Waals surface area contributed by atoms with Gasteiger partial charge in [-0.3, -0.25) is 0 Å². The van der Waals surface area contributed by atoms with Crippen molar-refractivity contribution in [3.8, 4) is 5.75 Å². The average Bonchev–Trinajstić information content (AvgIpc) is 2.67. The molecule has 9 heteroatoms. The molecule has 1 aliphatic heterocycles. The first-order valence-electron chi connectivity index (χ1n) is 8.79. The lowest BCUT2D eigenvalue weighted by molar-refractivity contribution is -0.139. The van der Waals surface area contributed by atoms with E-state index in [1.165, 1.54) is 12.1 Å². The normalized spacial score (nSPS) is 18.1. The number of alkyl halides is 3. The minimum atomic E-state index is -4.75. The molecule has 0 saturated carbocycles. The summed E-state index contributed by atoms with van der Waals surface area (Å²) in [7, 11) is -2.77. The average molecular weight is 414 g/mol. The number of nitrogens with one attached hydrogen (secondary N) is 1. The molecular weight excluding hydrogens is 393 g/mol. The zero-order valence-corrected chi connectivity index (χ0v) is 16.1. The highest BCUT2D eigenvalue weighted by molar-refractivity contribution is 7.89. The molecule has 1 fully saturated rings. The Bertz CT molecular complexity index is 932. The molecular formula is C19H21F3N2O3S. The molecule has 5 nitrogen and oxygen atoms in total. The lowest BCUT2D eigenvalue weighted by Gasteiger charge is -2.35. The summed E-state index contributed by atoms with van der Waals surface area (Å²) in [5, 5.41) is 0. The molecule has 28 heavy (non-hydrogen) atoms. The van der Waals surface area contributed by atoms with Crippen molar-refractivity contribution < 1.29 is 26.3 Å². The standard InChI is InChI=1S/C19H21F3N2O3S/c1-27-17-10-4-3-9-16(17)24-12-6-7-14(13-24)23-28(25,26)18-11-5-2-8-15(18)19(20,21)22/h2-5,8-11,14,23H,6-7,12-13H2,1H3. The van der Waals surface area contributed by atoms with Crippen molar-refractivity contribution in [2.45, 2.75) is 30.0 Å². The third-order valence-corrected chi connectivity index (χ3v) is 6.23. The van der Waals surface area contributed by atoms with Crippen LogP contribution in [0.4, 0.5) is 18.9 Å². The number of halogens is 3. The fourth-order valence-corrected chi connectivity index (χ4v) is 4.89. The molecule has 1 aliphatic rings. The van der Waals surface area contributed by atoms with E-state index < -0.39 is 32.7 Å². The van der Waals surface area contributed by atoms with Gasteiger partial charge in [0.15, 0.2) is 0 Å². The minimum Gasteiger partial charge on any atom is -0.495 e. The molecule has 0 radical (unpaired) electrons. The fourth-order valence-electron chi connectivity index (χ4n) is 3.40. The molecule has 0 spiro atoms. The van der Waals surface area contributed by atoms with Crippen LogP contribution in [0.15, 0.2) is 53.4 Å². The predicted molar refractivity (Wildman–Crippen MR) is 100.0 cm³/mol. The number of hydrogen-bond acceptors (Lipinski definition) is 4. The van der Waals surface area contributed by atoms with Gasteiger partial charge in [-0.25, -0.2) is 13.1 Å². The number of nitrogens with zero attached hydrogens (tertiary/aromatic N) is 1. The summed E-state index contributed by atoms with van der Waals surface area (Å²) >= 11 is 0. The molecule has 3 rings (SSSR count). The molecule has 0 bridgehead atoms. The largest absolute Gasteiger partial charge is 0.495 e. The van der Waals surface area contributed by atoms with Gasteiger partial charge in [-0.15, -0.1) is 0 Å². The highest BCUT2D eigenvalue weighted by Gasteiger charge is 2.37. The highest BCUT2D eigenvalue weighted by atomic mass is 32.2. The first kappa shape index (κ1) is 20.5. The van der Waals surface area contributed by atoms with E-state index in [2.05, 4.69) is 4.72 Å². The molecule has 1 atom stereocenters. The summed E-state index contributed by atoms with van der Waals surface area (Å²) < 4.78 is 72.8. The van der Waals surface area contributed by atoms with Gasteiger partial charge in [0.1, 0.15) is 5.75 Å². The maximum atomic E-state index is 13.2. The van der Waals surface area contributed by atoms with Crippen LogP contribution in [0.2, 0.25) is 0 Å². The van der Waals surface area contributed by atoms with Crippen LogP contribution in [0, 0.1) is 0 Å². The Morgan fingerprint density at radius 3 is 2.50 bits per heavy atom. The van der Waals surface area contributed by atoms with Crippen LogP contribution in [-0.4, -0.2) is 34.7 Å². The smallest absolute Gasteiger partial charge is 0.417 e. The van der Waals surface area contributed by atoms with Crippen molar-refractivity contribution in [1.29, 1.82) is 0 Å². The molecule has 152 valence electrons. The molecule has 0 aromatic heterocycles. The molecule has 1 unspecified atom stereocenters. The van der Waals surface area contributed by atoms with Crippen LogP contribution in [-0.2, 0) is 16.2 Å². The van der Waals surface area contributed by atoms with Gasteiger partial charge in [0.2, 0.25) is 10.0 Å². The topological polar surface area (TPSA) is 58.6 Å². The van der Waals surface area contributed by atoms with Gasteiger partial charge in [-0.05, 0) is 37.1 Å². The first-order chi connectivity index (χ1) is 13.2. The minimum absolute atomic E-state index is 0.341. The van der Waals surface area contributed by atoms with Crippen LogP contribution in [0.1, 0.15) is 18.4 Å². The Balaban J connectivity index is 1.82. The SMILES string of the molecule is COc1ccccc1N1CCCC(NS(=O)(=O)c2ccccc2C(F)(F)F)C1. The molecule has 2 aromatic rings. The maximum Gasteiger partial charge on any atom is 0.417 e. The predicted octanol–water partition coefficient (Wildman–Crippen LogP) is 3.66. The summed E-state index contributed by atoms with van der Waals surface area (Å²) in [6, 6.07) is 11.1. The molecule has 0 aliphatic carbocycles. The molecule has 2 aromatic carbocycles. The van der Waals surface area contributed by atoms with Crippen LogP contribution in [0.5, 0.6) is 5.75 Å². The van der Waals surface area contributed by atoms with E-state index in [-0.39, 0.29) is 0 Å². The van der Waals surface area contributed by atoms with E-state index in [9.17, 15) is 21.6 Å². The van der Waals surface area contributed by atoms with Crippen molar-refractivity contribution in [3.63, 3.8) is 0 Å². The van der Waals surface area contributed by atoms with Crippen LogP contribution >= 0.6 is 0 Å². The Morgan fingerprint density at radius 1 is 1.11 bits per heavy atom. The maximum absolute atomic E-state index is 13.2. The van der Waals surface area contributed by atoms with Crippen molar-refractivity contribution in [1.82, 2.24) is 4.72 Å². The monoisotopic (exact) mass is 414 g/mol. The van der Waals surface area contributed by atoms with E-state index in [1.54, 1.807) is 7.11 Å². The number of ether oxygens (including phenoxy) is 1. The van der Waals surface area contributed by atoms with Gasteiger partial charge >= 0.3 is 6.18 Å². The van der Waals surface area contributed by atoms with Crippen molar-refractivity contribution in [2.24, 2.45) is 0 Å².